The van der Waals surface area contributed by atoms with E-state index in [4.69, 9.17) is 10.5 Å². The highest BCUT2D eigenvalue weighted by molar-refractivity contribution is 7.11. The van der Waals surface area contributed by atoms with Crippen LogP contribution in [0.5, 0.6) is 5.75 Å². The van der Waals surface area contributed by atoms with E-state index in [9.17, 15) is 0 Å². The van der Waals surface area contributed by atoms with Gasteiger partial charge in [0.2, 0.25) is 0 Å². The van der Waals surface area contributed by atoms with Gasteiger partial charge in [-0.15, -0.1) is 11.3 Å². The molecule has 2 aromatic heterocycles. The predicted octanol–water partition coefficient (Wildman–Crippen LogP) is 2.82. The molecule has 0 aliphatic carbocycles. The molecule has 0 amide bonds. The number of nitrogens with zero attached hydrogens (tertiary/aromatic N) is 2. The first kappa shape index (κ1) is 12.2. The zero-order chi connectivity index (χ0) is 12.3. The van der Waals surface area contributed by atoms with Crippen molar-refractivity contribution in [2.75, 3.05) is 24.3 Å². The number of aromatic nitrogens is 1. The molecule has 0 spiro atoms. The van der Waals surface area contributed by atoms with Gasteiger partial charge in [0.15, 0.2) is 16.6 Å². The summed E-state index contributed by atoms with van der Waals surface area (Å²) in [6, 6.07) is 4.19. The van der Waals surface area contributed by atoms with Gasteiger partial charge < -0.3 is 15.4 Å². The molecule has 6 heteroatoms. The summed E-state index contributed by atoms with van der Waals surface area (Å²) >= 11 is 3.14. The van der Waals surface area contributed by atoms with Crippen LogP contribution in [0.3, 0.4) is 0 Å². The van der Waals surface area contributed by atoms with Crippen LogP contribution in [0.2, 0.25) is 0 Å². The van der Waals surface area contributed by atoms with Crippen molar-refractivity contribution in [1.82, 2.24) is 4.37 Å². The smallest absolute Gasteiger partial charge is 0.197 e. The summed E-state index contributed by atoms with van der Waals surface area (Å²) in [5, 5.41) is 3.09. The van der Waals surface area contributed by atoms with Crippen LogP contribution in [0.1, 0.15) is 11.8 Å². The minimum Gasteiger partial charge on any atom is -0.490 e. The maximum Gasteiger partial charge on any atom is 0.197 e. The van der Waals surface area contributed by atoms with Crippen LogP contribution < -0.4 is 15.4 Å². The van der Waals surface area contributed by atoms with Gasteiger partial charge in [0.1, 0.15) is 0 Å². The zero-order valence-corrected chi connectivity index (χ0v) is 11.5. The SMILES string of the molecule is CCN(Cc1cccs1)c1snc(N)c1OC. The van der Waals surface area contributed by atoms with Crippen LogP contribution in [0.15, 0.2) is 17.5 Å². The van der Waals surface area contributed by atoms with Gasteiger partial charge in [-0.1, -0.05) is 6.07 Å². The van der Waals surface area contributed by atoms with Crippen molar-refractivity contribution in [1.29, 1.82) is 0 Å². The summed E-state index contributed by atoms with van der Waals surface area (Å²) in [5.74, 6) is 1.16. The van der Waals surface area contributed by atoms with E-state index in [0.717, 1.165) is 18.1 Å². The average Bonchev–Trinajstić information content (AvgIpc) is 2.95. The highest BCUT2D eigenvalue weighted by atomic mass is 32.1. The minimum absolute atomic E-state index is 0.470. The molecule has 2 heterocycles. The number of ether oxygens (including phenoxy) is 1. The van der Waals surface area contributed by atoms with E-state index in [1.54, 1.807) is 18.4 Å². The number of anilines is 2. The quantitative estimate of drug-likeness (QED) is 0.907. The van der Waals surface area contributed by atoms with Gasteiger partial charge in [-0.25, -0.2) is 0 Å². The minimum atomic E-state index is 0.470. The van der Waals surface area contributed by atoms with Crippen LogP contribution in [-0.2, 0) is 6.54 Å². The van der Waals surface area contributed by atoms with Gasteiger partial charge in [-0.3, -0.25) is 0 Å². The average molecular weight is 269 g/mol. The van der Waals surface area contributed by atoms with Crippen molar-refractivity contribution in [3.63, 3.8) is 0 Å². The predicted molar refractivity (Wildman–Crippen MR) is 74.1 cm³/mol. The fraction of sp³-hybridized carbons (Fsp3) is 0.364. The van der Waals surface area contributed by atoms with Crippen LogP contribution in [0.25, 0.3) is 0 Å². The molecule has 0 saturated heterocycles. The first-order valence-corrected chi connectivity index (χ1v) is 6.98. The maximum absolute atomic E-state index is 5.77. The molecule has 0 aliphatic rings. The number of rotatable bonds is 5. The summed E-state index contributed by atoms with van der Waals surface area (Å²) in [5.41, 5.74) is 5.77. The number of nitrogens with two attached hydrogens (primary N) is 1. The summed E-state index contributed by atoms with van der Waals surface area (Å²) in [4.78, 5) is 3.54. The third kappa shape index (κ3) is 2.53. The molecule has 2 rings (SSSR count). The van der Waals surface area contributed by atoms with E-state index in [2.05, 4.69) is 33.7 Å². The van der Waals surface area contributed by atoms with E-state index in [1.807, 2.05) is 0 Å². The molecule has 0 saturated carbocycles. The monoisotopic (exact) mass is 269 g/mol. The molecule has 0 radical (unpaired) electrons. The summed E-state index contributed by atoms with van der Waals surface area (Å²) in [7, 11) is 1.63. The van der Waals surface area contributed by atoms with E-state index >= 15 is 0 Å². The van der Waals surface area contributed by atoms with Crippen molar-refractivity contribution >= 4 is 33.7 Å². The molecule has 0 atom stereocenters. The van der Waals surface area contributed by atoms with Gasteiger partial charge in [-0.05, 0) is 29.9 Å². The van der Waals surface area contributed by atoms with E-state index in [0.29, 0.717) is 11.6 Å². The lowest BCUT2D eigenvalue weighted by molar-refractivity contribution is 0.417. The largest absolute Gasteiger partial charge is 0.490 e. The van der Waals surface area contributed by atoms with E-state index in [-0.39, 0.29) is 0 Å². The van der Waals surface area contributed by atoms with Crippen LogP contribution >= 0.6 is 22.9 Å². The third-order valence-electron chi connectivity index (χ3n) is 2.46. The lowest BCUT2D eigenvalue weighted by atomic mass is 10.4. The third-order valence-corrected chi connectivity index (χ3v) is 4.22. The Morgan fingerprint density at radius 1 is 1.53 bits per heavy atom. The summed E-state index contributed by atoms with van der Waals surface area (Å²) in [6.07, 6.45) is 0. The van der Waals surface area contributed by atoms with Crippen LogP contribution in [0, 0.1) is 0 Å². The topological polar surface area (TPSA) is 51.4 Å². The van der Waals surface area contributed by atoms with Gasteiger partial charge in [0, 0.05) is 11.4 Å². The first-order valence-electron chi connectivity index (χ1n) is 5.32. The first-order chi connectivity index (χ1) is 8.26. The summed E-state index contributed by atoms with van der Waals surface area (Å²) in [6.45, 7) is 3.88. The van der Waals surface area contributed by atoms with Gasteiger partial charge in [0.05, 0.1) is 13.7 Å². The molecule has 2 N–H and O–H groups in total. The lowest BCUT2D eigenvalue weighted by Crippen LogP contribution is -2.20. The molecule has 2 aromatic rings. The highest BCUT2D eigenvalue weighted by Gasteiger charge is 2.17. The van der Waals surface area contributed by atoms with Gasteiger partial charge in [-0.2, -0.15) is 4.37 Å². The molecule has 0 aromatic carbocycles. The zero-order valence-electron chi connectivity index (χ0n) is 9.84. The van der Waals surface area contributed by atoms with Crippen molar-refractivity contribution in [3.8, 4) is 5.75 Å². The number of methoxy groups -OCH3 is 1. The molecule has 0 aliphatic heterocycles. The molecule has 0 bridgehead atoms. The molecular formula is C11H15N3OS2. The number of thiophene rings is 1. The molecule has 17 heavy (non-hydrogen) atoms. The molecule has 4 nitrogen and oxygen atoms in total. The van der Waals surface area contributed by atoms with Crippen LogP contribution in [0.4, 0.5) is 10.8 Å². The second-order valence-electron chi connectivity index (χ2n) is 3.50. The standard InChI is InChI=1S/C11H15N3OS2/c1-3-14(7-8-5-4-6-16-8)11-9(15-2)10(12)13-17-11/h4-6H,3,7H2,1-2H3,(H2,12,13). The van der Waals surface area contributed by atoms with Crippen LogP contribution in [-0.4, -0.2) is 18.0 Å². The molecule has 0 unspecified atom stereocenters. The van der Waals surface area contributed by atoms with E-state index < -0.39 is 0 Å². The molecule has 0 fully saturated rings. The lowest BCUT2D eigenvalue weighted by Gasteiger charge is -2.20. The van der Waals surface area contributed by atoms with Gasteiger partial charge in [0.25, 0.3) is 0 Å². The Labute approximate surface area is 109 Å². The fourth-order valence-electron chi connectivity index (χ4n) is 1.60. The second kappa shape index (κ2) is 5.37. The Hall–Kier alpha value is -1.27. The fourth-order valence-corrected chi connectivity index (χ4v) is 3.16. The Balaban J connectivity index is 2.22. The van der Waals surface area contributed by atoms with Crippen molar-refractivity contribution in [3.05, 3.63) is 22.4 Å². The second-order valence-corrected chi connectivity index (χ2v) is 5.28. The van der Waals surface area contributed by atoms with Crippen molar-refractivity contribution in [2.24, 2.45) is 0 Å². The van der Waals surface area contributed by atoms with E-state index in [1.165, 1.54) is 16.4 Å². The normalized spacial score (nSPS) is 10.5. The highest BCUT2D eigenvalue weighted by Crippen LogP contribution is 2.38. The van der Waals surface area contributed by atoms with Crippen molar-refractivity contribution in [2.45, 2.75) is 13.5 Å². The molecular weight excluding hydrogens is 254 g/mol. The Kier molecular flexibility index (Phi) is 3.86. The maximum atomic E-state index is 5.77. The summed E-state index contributed by atoms with van der Waals surface area (Å²) < 4.78 is 9.44. The van der Waals surface area contributed by atoms with Crippen molar-refractivity contribution < 1.29 is 4.74 Å². The molecule has 92 valence electrons. The number of hydrogen-bond acceptors (Lipinski definition) is 6. The van der Waals surface area contributed by atoms with Gasteiger partial charge >= 0.3 is 0 Å². The Bertz CT molecular complexity index is 467. The number of nitrogen functional groups attached to an aromatic ring is 1. The Morgan fingerprint density at radius 2 is 2.35 bits per heavy atom. The number of hydrogen-bond donors (Lipinski definition) is 1. The Morgan fingerprint density at radius 3 is 2.94 bits per heavy atom.